The number of hydrogen-bond donors (Lipinski definition) is 2. The lowest BCUT2D eigenvalue weighted by Crippen LogP contribution is -2.11. The lowest BCUT2D eigenvalue weighted by Gasteiger charge is -1.87. The number of nitrogen functional groups attached to an aromatic ring is 1. The van der Waals surface area contributed by atoms with E-state index in [2.05, 4.69) is 15.4 Å². The molecule has 0 saturated carbocycles. The standard InChI is InChI=1S/C3H5N5O2/c4-3-5-7-8(6-3)1-2(9)10/h1H2,(H2,4,6)(H,9,10). The molecule has 0 bridgehead atoms. The molecule has 1 rings (SSSR count). The van der Waals surface area contributed by atoms with Gasteiger partial charge in [-0.15, -0.1) is 5.10 Å². The summed E-state index contributed by atoms with van der Waals surface area (Å²) in [5.74, 6) is -1.06. The van der Waals surface area contributed by atoms with Crippen LogP contribution < -0.4 is 5.73 Å². The number of carboxylic acid groups (broad SMARTS) is 1. The maximum absolute atomic E-state index is 10.0. The van der Waals surface area contributed by atoms with E-state index in [-0.39, 0.29) is 12.5 Å². The van der Waals surface area contributed by atoms with Crippen LogP contribution in [0.5, 0.6) is 0 Å². The molecule has 0 radical (unpaired) electrons. The van der Waals surface area contributed by atoms with E-state index in [0.29, 0.717) is 0 Å². The first-order valence-corrected chi connectivity index (χ1v) is 2.43. The molecule has 0 amide bonds. The van der Waals surface area contributed by atoms with Crippen molar-refractivity contribution in [1.82, 2.24) is 20.2 Å². The predicted octanol–water partition coefficient (Wildman–Crippen LogP) is -1.66. The van der Waals surface area contributed by atoms with Crippen LogP contribution in [-0.4, -0.2) is 31.3 Å². The van der Waals surface area contributed by atoms with Crippen molar-refractivity contribution < 1.29 is 9.90 Å². The van der Waals surface area contributed by atoms with E-state index in [0.717, 1.165) is 4.80 Å². The molecule has 54 valence electrons. The Morgan fingerprint density at radius 2 is 2.50 bits per heavy atom. The van der Waals surface area contributed by atoms with Crippen LogP contribution in [0.25, 0.3) is 0 Å². The third-order valence-electron chi connectivity index (χ3n) is 0.745. The summed E-state index contributed by atoms with van der Waals surface area (Å²) in [5.41, 5.74) is 5.06. The summed E-state index contributed by atoms with van der Waals surface area (Å²) < 4.78 is 0. The smallest absolute Gasteiger partial charge is 0.327 e. The third kappa shape index (κ3) is 1.41. The second-order valence-corrected chi connectivity index (χ2v) is 1.57. The van der Waals surface area contributed by atoms with Gasteiger partial charge in [0, 0.05) is 0 Å². The normalized spacial score (nSPS) is 9.60. The summed E-state index contributed by atoms with van der Waals surface area (Å²) >= 11 is 0. The molecule has 1 aromatic rings. The first-order valence-electron chi connectivity index (χ1n) is 2.43. The van der Waals surface area contributed by atoms with Crippen molar-refractivity contribution in [3.8, 4) is 0 Å². The van der Waals surface area contributed by atoms with Gasteiger partial charge in [0.05, 0.1) is 0 Å². The van der Waals surface area contributed by atoms with Gasteiger partial charge in [-0.05, 0) is 5.21 Å². The zero-order valence-corrected chi connectivity index (χ0v) is 4.93. The van der Waals surface area contributed by atoms with Gasteiger partial charge in [0.1, 0.15) is 0 Å². The molecule has 0 atom stereocenters. The Morgan fingerprint density at radius 1 is 1.80 bits per heavy atom. The Morgan fingerprint density at radius 3 is 2.90 bits per heavy atom. The van der Waals surface area contributed by atoms with Crippen molar-refractivity contribution in [3.05, 3.63) is 0 Å². The lowest BCUT2D eigenvalue weighted by atomic mass is 10.7. The zero-order valence-electron chi connectivity index (χ0n) is 4.93. The molecule has 1 heterocycles. The SMILES string of the molecule is Nc1nnn(CC(=O)O)n1. The van der Waals surface area contributed by atoms with E-state index in [1.807, 2.05) is 0 Å². The minimum Gasteiger partial charge on any atom is -0.480 e. The third-order valence-corrected chi connectivity index (χ3v) is 0.745. The van der Waals surface area contributed by atoms with Crippen molar-refractivity contribution in [3.63, 3.8) is 0 Å². The molecular weight excluding hydrogens is 138 g/mol. The van der Waals surface area contributed by atoms with Crippen LogP contribution in [0.1, 0.15) is 0 Å². The highest BCUT2D eigenvalue weighted by Gasteiger charge is 2.01. The van der Waals surface area contributed by atoms with Gasteiger partial charge in [0.2, 0.25) is 0 Å². The van der Waals surface area contributed by atoms with Crippen LogP contribution in [0.3, 0.4) is 0 Å². The number of rotatable bonds is 2. The topological polar surface area (TPSA) is 107 Å². The van der Waals surface area contributed by atoms with Crippen LogP contribution in [0.15, 0.2) is 0 Å². The van der Waals surface area contributed by atoms with E-state index in [1.165, 1.54) is 0 Å². The summed E-state index contributed by atoms with van der Waals surface area (Å²) in [6.07, 6.45) is 0. The molecule has 0 fully saturated rings. The first kappa shape index (κ1) is 6.46. The van der Waals surface area contributed by atoms with E-state index in [9.17, 15) is 4.79 Å². The zero-order chi connectivity index (χ0) is 7.56. The summed E-state index contributed by atoms with van der Waals surface area (Å²) in [7, 11) is 0. The fourth-order valence-electron chi connectivity index (χ4n) is 0.444. The Kier molecular flexibility index (Phi) is 1.48. The van der Waals surface area contributed by atoms with Crippen LogP contribution >= 0.6 is 0 Å². The summed E-state index contributed by atoms with van der Waals surface area (Å²) in [5, 5.41) is 18.2. The van der Waals surface area contributed by atoms with Crippen molar-refractivity contribution >= 4 is 11.9 Å². The molecular formula is C3H5N5O2. The Labute approximate surface area is 55.4 Å². The van der Waals surface area contributed by atoms with Crippen molar-refractivity contribution in [2.45, 2.75) is 6.54 Å². The van der Waals surface area contributed by atoms with Gasteiger partial charge in [-0.3, -0.25) is 4.79 Å². The van der Waals surface area contributed by atoms with Crippen molar-refractivity contribution in [1.29, 1.82) is 0 Å². The predicted molar refractivity (Wildman–Crippen MR) is 29.9 cm³/mol. The van der Waals surface area contributed by atoms with Crippen LogP contribution in [0.2, 0.25) is 0 Å². The number of aliphatic carboxylic acids is 1. The fraction of sp³-hybridized carbons (Fsp3) is 0.333. The van der Waals surface area contributed by atoms with Gasteiger partial charge in [-0.1, -0.05) is 5.10 Å². The summed E-state index contributed by atoms with van der Waals surface area (Å²) in [4.78, 5) is 10.9. The number of nitrogens with two attached hydrogens (primary N) is 1. The number of anilines is 1. The monoisotopic (exact) mass is 143 g/mol. The second kappa shape index (κ2) is 2.29. The maximum Gasteiger partial charge on any atom is 0.327 e. The van der Waals surface area contributed by atoms with Crippen LogP contribution in [0.4, 0.5) is 5.95 Å². The number of nitrogens with zero attached hydrogens (tertiary/aromatic N) is 4. The number of carbonyl (C=O) groups is 1. The van der Waals surface area contributed by atoms with Gasteiger partial charge in [0.25, 0.3) is 5.95 Å². The van der Waals surface area contributed by atoms with Crippen molar-refractivity contribution in [2.75, 3.05) is 5.73 Å². The quantitative estimate of drug-likeness (QED) is 0.513. The molecule has 1 aromatic heterocycles. The van der Waals surface area contributed by atoms with Crippen LogP contribution in [0, 0.1) is 0 Å². The molecule has 7 nitrogen and oxygen atoms in total. The van der Waals surface area contributed by atoms with E-state index in [1.54, 1.807) is 0 Å². The summed E-state index contributed by atoms with van der Waals surface area (Å²) in [6.45, 7) is -0.315. The summed E-state index contributed by atoms with van der Waals surface area (Å²) in [6, 6.07) is 0. The lowest BCUT2D eigenvalue weighted by molar-refractivity contribution is -0.138. The first-order chi connectivity index (χ1) is 4.68. The maximum atomic E-state index is 10.0. The van der Waals surface area contributed by atoms with Crippen LogP contribution in [-0.2, 0) is 11.3 Å². The minimum atomic E-state index is -1.03. The van der Waals surface area contributed by atoms with Gasteiger partial charge >= 0.3 is 5.97 Å². The molecule has 0 spiro atoms. The molecule has 10 heavy (non-hydrogen) atoms. The Hall–Kier alpha value is -1.66. The highest BCUT2D eigenvalue weighted by Crippen LogP contribution is 1.83. The number of hydrogen-bond acceptors (Lipinski definition) is 5. The molecule has 0 saturated heterocycles. The largest absolute Gasteiger partial charge is 0.480 e. The molecule has 0 aliphatic rings. The molecule has 7 heteroatoms. The minimum absolute atomic E-state index is 0.0266. The molecule has 0 aliphatic carbocycles. The molecule has 0 aromatic carbocycles. The number of carboxylic acids is 1. The van der Waals surface area contributed by atoms with Crippen molar-refractivity contribution in [2.24, 2.45) is 0 Å². The van der Waals surface area contributed by atoms with Gasteiger partial charge in [-0.2, -0.15) is 4.80 Å². The Balaban J connectivity index is 2.67. The number of tetrazole rings is 1. The average molecular weight is 143 g/mol. The second-order valence-electron chi connectivity index (χ2n) is 1.57. The van der Waals surface area contributed by atoms with Gasteiger partial charge in [-0.25, -0.2) is 0 Å². The van der Waals surface area contributed by atoms with E-state index in [4.69, 9.17) is 10.8 Å². The van der Waals surface area contributed by atoms with Gasteiger partial charge in [0.15, 0.2) is 6.54 Å². The van der Waals surface area contributed by atoms with E-state index >= 15 is 0 Å². The highest BCUT2D eigenvalue weighted by molar-refractivity contribution is 5.66. The molecule has 0 aliphatic heterocycles. The van der Waals surface area contributed by atoms with Gasteiger partial charge < -0.3 is 10.8 Å². The average Bonchev–Trinajstić information content (AvgIpc) is 2.13. The number of aromatic nitrogens is 4. The molecule has 3 N–H and O–H groups in total. The Bertz CT molecular complexity index is 243. The fourth-order valence-corrected chi connectivity index (χ4v) is 0.444. The highest BCUT2D eigenvalue weighted by atomic mass is 16.4. The van der Waals surface area contributed by atoms with E-state index < -0.39 is 5.97 Å². The molecule has 0 unspecified atom stereocenters.